The molecule has 6 heteroatoms. The van der Waals surface area contributed by atoms with Crippen molar-refractivity contribution >= 4 is 98.0 Å². The van der Waals surface area contributed by atoms with Crippen LogP contribution in [0.15, 0.2) is 267 Å². The molecule has 0 saturated carbocycles. The zero-order valence-corrected chi connectivity index (χ0v) is 43.1. The summed E-state index contributed by atoms with van der Waals surface area (Å²) in [5.41, 5.74) is 20.7. The van der Waals surface area contributed by atoms with E-state index < -0.39 is 0 Å². The third-order valence-electron chi connectivity index (χ3n) is 17.1. The molecule has 0 fully saturated rings. The van der Waals surface area contributed by atoms with Crippen molar-refractivity contribution in [1.82, 2.24) is 28.2 Å². The van der Waals surface area contributed by atoms with Crippen LogP contribution in [0.4, 0.5) is 0 Å². The number of fused-ring (bicyclic) bond motifs is 15. The monoisotopic (exact) mass is 1020 g/mol. The van der Waals surface area contributed by atoms with Gasteiger partial charge in [-0.1, -0.05) is 176 Å². The highest BCUT2D eigenvalue weighted by molar-refractivity contribution is 6.18. The van der Waals surface area contributed by atoms with Gasteiger partial charge in [0.2, 0.25) is 0 Å². The summed E-state index contributed by atoms with van der Waals surface area (Å²) in [5, 5.41) is 12.1. The highest BCUT2D eigenvalue weighted by Gasteiger charge is 2.29. The number of rotatable bonds is 6. The van der Waals surface area contributed by atoms with Crippen LogP contribution in [0.1, 0.15) is 0 Å². The lowest BCUT2D eigenvalue weighted by atomic mass is 9.99. The van der Waals surface area contributed by atoms with Gasteiger partial charge in [-0.3, -0.25) is 0 Å². The summed E-state index contributed by atoms with van der Waals surface area (Å²) in [5.74, 6) is 0.666. The first kappa shape index (κ1) is 43.3. The number of benzene rings is 12. The van der Waals surface area contributed by atoms with Crippen LogP contribution in [0, 0.1) is 0 Å². The molecule has 370 valence electrons. The lowest BCUT2D eigenvalue weighted by molar-refractivity contribution is 1.12. The second-order valence-electron chi connectivity index (χ2n) is 21.3. The van der Waals surface area contributed by atoms with E-state index in [9.17, 15) is 0 Å². The van der Waals surface area contributed by atoms with Crippen molar-refractivity contribution in [1.29, 1.82) is 0 Å². The van der Waals surface area contributed by atoms with E-state index >= 15 is 0 Å². The first-order chi connectivity index (χ1) is 39.7. The number of nitrogens with zero attached hydrogens (tertiary/aromatic N) is 6. The predicted molar refractivity (Wildman–Crippen MR) is 332 cm³/mol. The summed E-state index contributed by atoms with van der Waals surface area (Å²) in [6, 6.07) is 97.4. The van der Waals surface area contributed by atoms with E-state index in [-0.39, 0.29) is 0 Å². The molecule has 0 radical (unpaired) electrons. The highest BCUT2D eigenvalue weighted by atomic mass is 15.0. The van der Waals surface area contributed by atoms with Crippen molar-refractivity contribution in [3.05, 3.63) is 267 Å². The zero-order valence-electron chi connectivity index (χ0n) is 43.1. The van der Waals surface area contributed by atoms with Crippen LogP contribution in [0.5, 0.6) is 0 Å². The second kappa shape index (κ2) is 16.4. The first-order valence-electron chi connectivity index (χ1n) is 27.4. The van der Waals surface area contributed by atoms with Gasteiger partial charge in [0.1, 0.15) is 0 Å². The fourth-order valence-corrected chi connectivity index (χ4v) is 13.7. The molecule has 17 aromatic rings. The topological polar surface area (TPSA) is 45.5 Å². The standard InChI is InChI=1S/C74H44N6/c1-2-18-46(19-3-1)72-71-58-28-16-20-45-21-17-29-59(70(45)58)73(71)76-74(75-72)47-40-50(79-66-34-14-8-26-56(66)60-43-48(36-38-68(60)79)77-62-30-10-4-22-52(62)53-23-5-11-31-63(53)77)42-51(41-47)80-67-35-15-9-27-57(67)61-44-49(37-39-69(61)80)78-64-32-12-6-24-54(64)55-25-7-13-33-65(55)78/h1-44H. The summed E-state index contributed by atoms with van der Waals surface area (Å²) in [7, 11) is 0. The molecule has 12 aromatic carbocycles. The predicted octanol–water partition coefficient (Wildman–Crippen LogP) is 19.0. The normalized spacial score (nSPS) is 12.2. The summed E-state index contributed by atoms with van der Waals surface area (Å²) >= 11 is 0. The smallest absolute Gasteiger partial charge is 0.160 e. The number of hydrogen-bond donors (Lipinski definition) is 0. The Morgan fingerprint density at radius 2 is 0.613 bits per heavy atom. The first-order valence-corrected chi connectivity index (χ1v) is 27.4. The Morgan fingerprint density at radius 1 is 0.237 bits per heavy atom. The molecule has 0 bridgehead atoms. The lowest BCUT2D eigenvalue weighted by Gasteiger charge is -2.17. The lowest BCUT2D eigenvalue weighted by Crippen LogP contribution is -2.03. The maximum absolute atomic E-state index is 5.69. The van der Waals surface area contributed by atoms with Gasteiger partial charge in [-0.05, 0) is 107 Å². The van der Waals surface area contributed by atoms with E-state index in [1.807, 2.05) is 0 Å². The van der Waals surface area contributed by atoms with E-state index in [4.69, 9.17) is 9.97 Å². The second-order valence-corrected chi connectivity index (χ2v) is 21.3. The van der Waals surface area contributed by atoms with E-state index in [1.54, 1.807) is 0 Å². The Bertz CT molecular complexity index is 5130. The van der Waals surface area contributed by atoms with Crippen molar-refractivity contribution in [2.45, 2.75) is 0 Å². The van der Waals surface area contributed by atoms with Crippen molar-refractivity contribution in [3.8, 4) is 67.8 Å². The van der Waals surface area contributed by atoms with Gasteiger partial charge >= 0.3 is 0 Å². The molecule has 0 amide bonds. The Hall–Kier alpha value is -10.8. The summed E-state index contributed by atoms with van der Waals surface area (Å²) in [4.78, 5) is 11.4. The molecule has 5 heterocycles. The molecular weight excluding hydrogens is 973 g/mol. The van der Waals surface area contributed by atoms with Gasteiger partial charge in [-0.2, -0.15) is 0 Å². The molecule has 0 N–H and O–H groups in total. The summed E-state index contributed by atoms with van der Waals surface area (Å²) in [6.45, 7) is 0. The van der Waals surface area contributed by atoms with Crippen LogP contribution in [0.3, 0.4) is 0 Å². The molecule has 1 aliphatic carbocycles. The van der Waals surface area contributed by atoms with Crippen molar-refractivity contribution in [3.63, 3.8) is 0 Å². The maximum Gasteiger partial charge on any atom is 0.160 e. The van der Waals surface area contributed by atoms with E-state index in [2.05, 4.69) is 285 Å². The number of aromatic nitrogens is 6. The van der Waals surface area contributed by atoms with Crippen LogP contribution < -0.4 is 0 Å². The van der Waals surface area contributed by atoms with Crippen LogP contribution in [0.25, 0.3) is 166 Å². The van der Waals surface area contributed by atoms with E-state index in [0.29, 0.717) is 5.82 Å². The third kappa shape index (κ3) is 6.01. The Kier molecular flexibility index (Phi) is 8.85. The molecule has 0 unspecified atom stereocenters. The minimum atomic E-state index is 0.666. The fourth-order valence-electron chi connectivity index (χ4n) is 13.7. The maximum atomic E-state index is 5.69. The number of para-hydroxylation sites is 6. The molecule has 0 aliphatic heterocycles. The summed E-state index contributed by atoms with van der Waals surface area (Å²) < 4.78 is 9.73. The van der Waals surface area contributed by atoms with E-state index in [0.717, 1.165) is 78.5 Å². The largest absolute Gasteiger partial charge is 0.309 e. The molecular formula is C74H44N6. The van der Waals surface area contributed by atoms with Crippen LogP contribution in [-0.4, -0.2) is 28.2 Å². The quantitative estimate of drug-likeness (QED) is 0.167. The molecule has 18 rings (SSSR count). The van der Waals surface area contributed by atoms with Gasteiger partial charge in [-0.25, -0.2) is 9.97 Å². The van der Waals surface area contributed by atoms with Gasteiger partial charge in [0.05, 0.1) is 55.5 Å². The van der Waals surface area contributed by atoms with Crippen molar-refractivity contribution < 1.29 is 0 Å². The van der Waals surface area contributed by atoms with E-state index in [1.165, 1.54) is 81.5 Å². The van der Waals surface area contributed by atoms with Gasteiger partial charge < -0.3 is 18.3 Å². The van der Waals surface area contributed by atoms with Crippen LogP contribution in [-0.2, 0) is 0 Å². The molecule has 0 saturated heterocycles. The Morgan fingerprint density at radius 3 is 1.07 bits per heavy atom. The Labute approximate surface area is 458 Å². The molecule has 80 heavy (non-hydrogen) atoms. The third-order valence-corrected chi connectivity index (χ3v) is 17.1. The minimum absolute atomic E-state index is 0.666. The van der Waals surface area contributed by atoms with Crippen molar-refractivity contribution in [2.24, 2.45) is 0 Å². The molecule has 0 spiro atoms. The summed E-state index contributed by atoms with van der Waals surface area (Å²) in [6.07, 6.45) is 0. The van der Waals surface area contributed by atoms with Gasteiger partial charge in [-0.15, -0.1) is 0 Å². The van der Waals surface area contributed by atoms with Gasteiger partial charge in [0.25, 0.3) is 0 Å². The minimum Gasteiger partial charge on any atom is -0.309 e. The van der Waals surface area contributed by atoms with Crippen molar-refractivity contribution in [2.75, 3.05) is 0 Å². The van der Waals surface area contributed by atoms with Gasteiger partial charge in [0.15, 0.2) is 5.82 Å². The van der Waals surface area contributed by atoms with Crippen LogP contribution >= 0.6 is 0 Å². The average molecular weight is 1020 g/mol. The molecule has 0 atom stereocenters. The molecule has 5 aromatic heterocycles. The van der Waals surface area contributed by atoms with Crippen LogP contribution in [0.2, 0.25) is 0 Å². The fraction of sp³-hybridized carbons (Fsp3) is 0. The SMILES string of the molecule is c1ccc(-c2nc(-c3cc(-n4c5ccccc5c5cc(-n6c7ccccc7c7ccccc76)ccc54)cc(-n4c5ccccc5c5cc(-n6c7ccccc7c7ccccc76)ccc54)c3)nc3c2-c2cccc4cccc-3c24)cc1. The highest BCUT2D eigenvalue weighted by Crippen LogP contribution is 2.51. The molecule has 1 aliphatic rings. The Balaban J connectivity index is 0.916. The average Bonchev–Trinajstić information content (AvgIpc) is 4.50. The number of hydrogen-bond acceptors (Lipinski definition) is 2. The zero-order chi connectivity index (χ0) is 52.2. The van der Waals surface area contributed by atoms with Gasteiger partial charge in [0, 0.05) is 88.1 Å². The molecule has 6 nitrogen and oxygen atoms in total.